The van der Waals surface area contributed by atoms with Crippen LogP contribution < -0.4 is 0 Å². The highest BCUT2D eigenvalue weighted by atomic mass is 35.5. The van der Waals surface area contributed by atoms with E-state index in [1.807, 2.05) is 82.5 Å². The Morgan fingerprint density at radius 3 is 0.944 bits per heavy atom. The van der Waals surface area contributed by atoms with Crippen molar-refractivity contribution >= 4 is 260 Å². The van der Waals surface area contributed by atoms with E-state index >= 15 is 0 Å². The van der Waals surface area contributed by atoms with E-state index in [1.54, 1.807) is 11.3 Å². The topological polar surface area (TPSA) is 19.7 Å². The summed E-state index contributed by atoms with van der Waals surface area (Å²) in [5.74, 6) is 0. The summed E-state index contributed by atoms with van der Waals surface area (Å²) in [5, 5.41) is 23.3. The molecule has 0 aliphatic rings. The highest BCUT2D eigenvalue weighted by Gasteiger charge is 2.24. The van der Waals surface area contributed by atoms with Gasteiger partial charge in [0.25, 0.3) is 0 Å². The first-order chi connectivity index (χ1) is 71.0. The van der Waals surface area contributed by atoms with Gasteiger partial charge in [-0.25, -0.2) is 0 Å². The van der Waals surface area contributed by atoms with Crippen LogP contribution in [0.5, 0.6) is 0 Å². The van der Waals surface area contributed by atoms with Crippen molar-refractivity contribution in [2.45, 2.75) is 0 Å². The monoisotopic (exact) mass is 1990 g/mol. The maximum atomic E-state index is 6.66. The summed E-state index contributed by atoms with van der Waals surface area (Å²) in [7, 11) is 0. The average molecular weight is 1990 g/mol. The molecule has 680 valence electrons. The molecule has 22 aromatic carbocycles. The van der Waals surface area contributed by atoms with Gasteiger partial charge in [0, 0.05) is 172 Å². The maximum absolute atomic E-state index is 6.66. The van der Waals surface area contributed by atoms with E-state index in [2.05, 4.69) is 455 Å². The lowest BCUT2D eigenvalue weighted by Gasteiger charge is -2.09. The van der Waals surface area contributed by atoms with Gasteiger partial charge in [-0.1, -0.05) is 325 Å². The van der Waals surface area contributed by atoms with Crippen molar-refractivity contribution < 1.29 is 0 Å². The summed E-state index contributed by atoms with van der Waals surface area (Å²) in [6.07, 6.45) is 0. The summed E-state index contributed by atoms with van der Waals surface area (Å²) in [6.45, 7) is 0. The molecule has 144 heavy (non-hydrogen) atoms. The highest BCUT2D eigenvalue weighted by Crippen LogP contribution is 2.50. The molecule has 0 saturated heterocycles. The van der Waals surface area contributed by atoms with E-state index in [0.29, 0.717) is 0 Å². The van der Waals surface area contributed by atoms with Gasteiger partial charge in [0.2, 0.25) is 0 Å². The van der Waals surface area contributed by atoms with Gasteiger partial charge in [-0.3, -0.25) is 0 Å². The molecule has 8 aromatic heterocycles. The molecule has 0 unspecified atom stereocenters. The Morgan fingerprint density at radius 1 is 0.146 bits per heavy atom. The van der Waals surface area contributed by atoms with E-state index in [1.165, 1.54) is 241 Å². The number of thiophene rings is 4. The number of aromatic nitrogens is 4. The highest BCUT2D eigenvalue weighted by molar-refractivity contribution is 7.27. The molecule has 0 aliphatic carbocycles. The van der Waals surface area contributed by atoms with E-state index in [4.69, 9.17) is 46.4 Å². The van der Waals surface area contributed by atoms with E-state index in [9.17, 15) is 0 Å². The van der Waals surface area contributed by atoms with Crippen LogP contribution in [0.2, 0.25) is 20.1 Å². The Morgan fingerprint density at radius 2 is 0.451 bits per heavy atom. The van der Waals surface area contributed by atoms with Crippen LogP contribution in [0.15, 0.2) is 485 Å². The van der Waals surface area contributed by atoms with Crippen molar-refractivity contribution in [3.8, 4) is 89.5 Å². The van der Waals surface area contributed by atoms with E-state index in [-0.39, 0.29) is 0 Å². The predicted molar refractivity (Wildman–Crippen MR) is 627 cm³/mol. The van der Waals surface area contributed by atoms with Crippen LogP contribution in [-0.4, -0.2) is 18.3 Å². The molecule has 4 nitrogen and oxygen atoms in total. The van der Waals surface area contributed by atoms with Crippen molar-refractivity contribution in [1.82, 2.24) is 18.3 Å². The predicted octanol–water partition coefficient (Wildman–Crippen LogP) is 41.2. The molecule has 0 bridgehead atoms. The fourth-order valence-electron chi connectivity index (χ4n) is 21.7. The van der Waals surface area contributed by atoms with Crippen LogP contribution in [0.1, 0.15) is 0 Å². The van der Waals surface area contributed by atoms with Crippen molar-refractivity contribution in [1.29, 1.82) is 0 Å². The number of benzene rings is 22. The van der Waals surface area contributed by atoms with Crippen molar-refractivity contribution in [3.05, 3.63) is 505 Å². The van der Waals surface area contributed by atoms with Gasteiger partial charge in [-0.05, 0) is 267 Å². The Bertz CT molecular complexity index is 10400. The van der Waals surface area contributed by atoms with Gasteiger partial charge >= 0.3 is 0 Å². The Hall–Kier alpha value is -15.9. The minimum absolute atomic E-state index is 0.760. The fourth-order valence-corrected chi connectivity index (χ4v) is 27.1. The van der Waals surface area contributed by atoms with E-state index < -0.39 is 0 Å². The summed E-state index contributed by atoms with van der Waals surface area (Å²) in [5.41, 5.74) is 28.8. The first-order valence-electron chi connectivity index (χ1n) is 48.0. The van der Waals surface area contributed by atoms with Crippen LogP contribution in [-0.2, 0) is 0 Å². The summed E-state index contributed by atoms with van der Waals surface area (Å²) in [6, 6.07) is 173. The van der Waals surface area contributed by atoms with Crippen LogP contribution in [0, 0.1) is 0 Å². The zero-order chi connectivity index (χ0) is 95.7. The zero-order valence-electron chi connectivity index (χ0n) is 77.1. The third-order valence-corrected chi connectivity index (χ3v) is 34.0. The Balaban J connectivity index is 0.0000000959. The molecular weight excluding hydrogens is 1910 g/mol. The van der Waals surface area contributed by atoms with Crippen LogP contribution in [0.25, 0.3) is 257 Å². The number of rotatable bonds is 10. The second-order valence-corrected chi connectivity index (χ2v) is 42.5. The largest absolute Gasteiger partial charge is 0.309 e. The molecular formula is C132H80Cl4N4S4. The standard InChI is InChI=1S/2C36H22ClNS.2C30H18ClNS/c37-31-14-6-4-11-26(31)29-13-8-16-35-36(29)30-21-23(18-20-34(30)39-35)24-17-19-28-27-12-5-7-15-32(27)38(33(28)22-24)25-9-2-1-3-10-25;37-26-9-6-8-25(20-26)28-13-7-14-31-32-21-23(17-19-35(32)39-36(28)31)24-16-18-30-29-12-4-5-15-33(29)38(34(30)22-24)27-10-2-1-3-11-27;31-25-10-6-12-29-30(25)24-17-19(14-16-28(24)33-29)20-13-15-23-22-9-4-5-11-26(22)32(27(23)18-20)21-7-2-1-3-8-21;31-21-12-15-30-26(18-21)25-17-20(11-14-29(25)33-30)19-10-13-28-24(16-19)23-8-4-5-9-27(23)32(28)22-6-2-1-3-7-22/h2*1-22H;2*1-18H. The second-order valence-electron chi connectivity index (χ2n) is 36.5. The average Bonchev–Trinajstić information content (AvgIpc) is 1.59. The molecule has 0 aliphatic heterocycles. The van der Waals surface area contributed by atoms with Crippen molar-refractivity contribution in [2.75, 3.05) is 0 Å². The first-order valence-corrected chi connectivity index (χ1v) is 52.8. The summed E-state index contributed by atoms with van der Waals surface area (Å²) >= 11 is 33.2. The molecule has 0 amide bonds. The fraction of sp³-hybridized carbons (Fsp3) is 0. The third-order valence-electron chi connectivity index (χ3n) is 28.3. The van der Waals surface area contributed by atoms with Crippen molar-refractivity contribution in [3.63, 3.8) is 0 Å². The zero-order valence-corrected chi connectivity index (χ0v) is 83.4. The molecule has 0 N–H and O–H groups in total. The van der Waals surface area contributed by atoms with Gasteiger partial charge < -0.3 is 18.3 Å². The molecule has 8 heterocycles. The molecule has 0 spiro atoms. The second kappa shape index (κ2) is 36.2. The van der Waals surface area contributed by atoms with Gasteiger partial charge in [0.15, 0.2) is 0 Å². The van der Waals surface area contributed by atoms with Gasteiger partial charge in [-0.2, -0.15) is 0 Å². The summed E-state index contributed by atoms with van der Waals surface area (Å²) in [4.78, 5) is 0. The maximum Gasteiger partial charge on any atom is 0.0547 e. The minimum atomic E-state index is 0.760. The van der Waals surface area contributed by atoms with Gasteiger partial charge in [-0.15, -0.1) is 45.3 Å². The first kappa shape index (κ1) is 87.1. The Kier molecular flexibility index (Phi) is 21.9. The number of fused-ring (bicyclic) bond motifs is 24. The van der Waals surface area contributed by atoms with Gasteiger partial charge in [0.05, 0.1) is 44.1 Å². The van der Waals surface area contributed by atoms with Gasteiger partial charge in [0.1, 0.15) is 0 Å². The normalized spacial score (nSPS) is 11.8. The lowest BCUT2D eigenvalue weighted by Crippen LogP contribution is -1.93. The smallest absolute Gasteiger partial charge is 0.0547 e. The molecule has 0 radical (unpaired) electrons. The minimum Gasteiger partial charge on any atom is -0.309 e. The summed E-state index contributed by atoms with van der Waals surface area (Å²) < 4.78 is 19.7. The Labute approximate surface area is 865 Å². The van der Waals surface area contributed by atoms with Crippen LogP contribution in [0.3, 0.4) is 0 Å². The quantitative estimate of drug-likeness (QED) is 0.130. The lowest BCUT2D eigenvalue weighted by atomic mass is 9.97. The number of nitrogens with zero attached hydrogens (tertiary/aromatic N) is 4. The third kappa shape index (κ3) is 15.2. The number of para-hydroxylation sites is 8. The molecule has 0 saturated carbocycles. The SMILES string of the molecule is Clc1ccc2sc3ccc(-c4ccc5c(c4)c4ccccc4n5-c4ccccc4)cc3c2c1.Clc1cccc(-c2cccc3c2sc2ccc(-c4ccc5c6ccccc6n(-c6ccccc6)c5c4)cc23)c1.Clc1cccc2sc3ccc(-c4ccc5c6ccccc6n(-c6ccccc6)c5c4)cc3c12.Clc1ccccc1-c1cccc2sc3ccc(-c4ccc5c6ccccc6n(-c6ccccc6)c5c4)cc3c12. The number of hydrogen-bond donors (Lipinski definition) is 0. The number of halogens is 4. The molecule has 12 heteroatoms. The molecule has 0 fully saturated rings. The number of hydrogen-bond acceptors (Lipinski definition) is 4. The van der Waals surface area contributed by atoms with Crippen molar-refractivity contribution in [2.24, 2.45) is 0 Å². The van der Waals surface area contributed by atoms with Crippen LogP contribution in [0.4, 0.5) is 0 Å². The van der Waals surface area contributed by atoms with Crippen LogP contribution >= 0.6 is 91.8 Å². The van der Waals surface area contributed by atoms with E-state index in [0.717, 1.165) is 36.6 Å². The molecule has 30 aromatic rings. The molecule has 0 atom stereocenters. The lowest BCUT2D eigenvalue weighted by molar-refractivity contribution is 1.18. The molecule has 30 rings (SSSR count).